The van der Waals surface area contributed by atoms with E-state index in [1.807, 2.05) is 0 Å². The maximum atomic E-state index is 14.0. The van der Waals surface area contributed by atoms with Crippen LogP contribution in [0.1, 0.15) is 11.3 Å². The van der Waals surface area contributed by atoms with E-state index in [0.29, 0.717) is 17.9 Å². The lowest BCUT2D eigenvalue weighted by atomic mass is 10.1. The molecule has 0 bridgehead atoms. The molecule has 6 heteroatoms. The van der Waals surface area contributed by atoms with Crippen LogP contribution in [0.25, 0.3) is 11.3 Å². The van der Waals surface area contributed by atoms with Gasteiger partial charge in [0.05, 0.1) is 17.7 Å². The number of halogens is 3. The summed E-state index contributed by atoms with van der Waals surface area (Å²) in [4.78, 5) is 4.19. The first kappa shape index (κ1) is 15.3. The van der Waals surface area contributed by atoms with Crippen LogP contribution in [0, 0.1) is 17.5 Å². The minimum absolute atomic E-state index is 0.126. The summed E-state index contributed by atoms with van der Waals surface area (Å²) in [5, 5.41) is 0. The number of hydrogen-bond acceptors (Lipinski definition) is 2. The first-order valence-electron chi connectivity index (χ1n) is 7.02. The predicted molar refractivity (Wildman–Crippen MR) is 81.0 cm³/mol. The van der Waals surface area contributed by atoms with Crippen LogP contribution in [0.5, 0.6) is 0 Å². The number of nitrogens with zero attached hydrogens (tertiary/aromatic N) is 2. The van der Waals surface area contributed by atoms with Gasteiger partial charge in [-0.1, -0.05) is 12.1 Å². The van der Waals surface area contributed by atoms with Crippen LogP contribution in [0.4, 0.5) is 13.2 Å². The Morgan fingerprint density at radius 3 is 2.48 bits per heavy atom. The molecule has 0 atom stereocenters. The molecule has 3 aromatic rings. The summed E-state index contributed by atoms with van der Waals surface area (Å²) in [5.41, 5.74) is 7.65. The molecule has 0 spiro atoms. The Bertz CT molecular complexity index is 843. The van der Waals surface area contributed by atoms with E-state index >= 15 is 0 Å². The summed E-state index contributed by atoms with van der Waals surface area (Å²) in [6.45, 7) is 0.488. The van der Waals surface area contributed by atoms with Crippen molar-refractivity contribution in [2.45, 2.75) is 13.1 Å². The highest BCUT2D eigenvalue weighted by Gasteiger charge is 2.16. The lowest BCUT2D eigenvalue weighted by molar-refractivity contribution is 0.585. The lowest BCUT2D eigenvalue weighted by Crippen LogP contribution is -2.09. The number of rotatable bonds is 4. The second kappa shape index (κ2) is 6.26. The fourth-order valence-electron chi connectivity index (χ4n) is 2.50. The van der Waals surface area contributed by atoms with Crippen molar-refractivity contribution in [1.29, 1.82) is 0 Å². The molecule has 3 rings (SSSR count). The van der Waals surface area contributed by atoms with E-state index in [0.717, 1.165) is 11.6 Å². The maximum Gasteiger partial charge on any atom is 0.135 e. The quantitative estimate of drug-likeness (QED) is 0.801. The van der Waals surface area contributed by atoms with Gasteiger partial charge in [0, 0.05) is 24.7 Å². The number of imidazole rings is 1. The standard InChI is InChI=1S/C17H14F3N3/c18-12-3-1-2-11(6-12)9-23-10-22-17(16(23)8-21)14-5-4-13(19)7-15(14)20/h1-7,10H,8-9,21H2. The third kappa shape index (κ3) is 3.12. The van der Waals surface area contributed by atoms with E-state index in [1.165, 1.54) is 30.6 Å². The van der Waals surface area contributed by atoms with Gasteiger partial charge in [-0.05, 0) is 29.8 Å². The van der Waals surface area contributed by atoms with E-state index in [4.69, 9.17) is 5.73 Å². The Hall–Kier alpha value is -2.60. The van der Waals surface area contributed by atoms with Gasteiger partial charge in [-0.3, -0.25) is 0 Å². The molecule has 0 amide bonds. The van der Waals surface area contributed by atoms with Crippen molar-refractivity contribution in [3.05, 3.63) is 77.5 Å². The van der Waals surface area contributed by atoms with Crippen molar-refractivity contribution in [2.24, 2.45) is 5.73 Å². The van der Waals surface area contributed by atoms with Gasteiger partial charge >= 0.3 is 0 Å². The molecule has 0 saturated heterocycles. The molecule has 23 heavy (non-hydrogen) atoms. The van der Waals surface area contributed by atoms with E-state index in [9.17, 15) is 13.2 Å². The molecule has 0 radical (unpaired) electrons. The van der Waals surface area contributed by atoms with Gasteiger partial charge in [0.2, 0.25) is 0 Å². The zero-order valence-electron chi connectivity index (χ0n) is 12.1. The normalized spacial score (nSPS) is 11.0. The van der Waals surface area contributed by atoms with Crippen LogP contribution in [-0.2, 0) is 13.1 Å². The average molecular weight is 317 g/mol. The molecule has 0 unspecified atom stereocenters. The molecule has 1 heterocycles. The maximum absolute atomic E-state index is 14.0. The number of nitrogens with two attached hydrogens (primary N) is 1. The Kier molecular flexibility index (Phi) is 4.16. The summed E-state index contributed by atoms with van der Waals surface area (Å²) >= 11 is 0. The Morgan fingerprint density at radius 1 is 1.00 bits per heavy atom. The largest absolute Gasteiger partial charge is 0.328 e. The minimum Gasteiger partial charge on any atom is -0.328 e. The highest BCUT2D eigenvalue weighted by atomic mass is 19.1. The van der Waals surface area contributed by atoms with Crippen molar-refractivity contribution in [2.75, 3.05) is 0 Å². The summed E-state index contributed by atoms with van der Waals surface area (Å²) < 4.78 is 42.0. The monoisotopic (exact) mass is 317 g/mol. The predicted octanol–water partition coefficient (Wildman–Crippen LogP) is 3.47. The second-order valence-electron chi connectivity index (χ2n) is 5.13. The Balaban J connectivity index is 1.99. The molecule has 3 nitrogen and oxygen atoms in total. The Morgan fingerprint density at radius 2 is 1.78 bits per heavy atom. The van der Waals surface area contributed by atoms with Crippen molar-refractivity contribution in [1.82, 2.24) is 9.55 Å². The van der Waals surface area contributed by atoms with Crippen molar-refractivity contribution < 1.29 is 13.2 Å². The van der Waals surface area contributed by atoms with E-state index in [1.54, 1.807) is 16.7 Å². The van der Waals surface area contributed by atoms with Gasteiger partial charge in [0.1, 0.15) is 17.5 Å². The van der Waals surface area contributed by atoms with Crippen LogP contribution >= 0.6 is 0 Å². The van der Waals surface area contributed by atoms with E-state index in [-0.39, 0.29) is 17.9 Å². The van der Waals surface area contributed by atoms with Gasteiger partial charge < -0.3 is 10.3 Å². The average Bonchev–Trinajstić information content (AvgIpc) is 2.89. The summed E-state index contributed by atoms with van der Waals surface area (Å²) in [6.07, 6.45) is 1.52. The topological polar surface area (TPSA) is 43.8 Å². The molecular formula is C17H14F3N3. The molecule has 0 saturated carbocycles. The first-order chi connectivity index (χ1) is 11.1. The van der Waals surface area contributed by atoms with Crippen molar-refractivity contribution in [3.63, 3.8) is 0 Å². The molecule has 0 aliphatic heterocycles. The van der Waals surface area contributed by atoms with Crippen LogP contribution < -0.4 is 5.73 Å². The minimum atomic E-state index is -0.698. The molecule has 0 aliphatic carbocycles. The molecule has 118 valence electrons. The molecule has 0 aliphatic rings. The zero-order valence-corrected chi connectivity index (χ0v) is 12.1. The molecule has 2 aromatic carbocycles. The summed E-state index contributed by atoms with van der Waals surface area (Å²) in [7, 11) is 0. The SMILES string of the molecule is NCc1c(-c2ccc(F)cc2F)ncn1Cc1cccc(F)c1. The van der Waals surface area contributed by atoms with E-state index in [2.05, 4.69) is 4.98 Å². The molecule has 1 aromatic heterocycles. The smallest absolute Gasteiger partial charge is 0.135 e. The van der Waals surface area contributed by atoms with Gasteiger partial charge in [-0.25, -0.2) is 18.2 Å². The number of hydrogen-bond donors (Lipinski definition) is 1. The molecule has 0 fully saturated rings. The summed E-state index contributed by atoms with van der Waals surface area (Å²) in [5.74, 6) is -1.68. The zero-order chi connectivity index (χ0) is 16.4. The Labute approximate surface area is 131 Å². The van der Waals surface area contributed by atoms with Crippen molar-refractivity contribution in [3.8, 4) is 11.3 Å². The first-order valence-corrected chi connectivity index (χ1v) is 7.02. The van der Waals surface area contributed by atoms with Crippen LogP contribution in [0.15, 0.2) is 48.8 Å². The lowest BCUT2D eigenvalue weighted by Gasteiger charge is -2.09. The van der Waals surface area contributed by atoms with Gasteiger partial charge in [0.25, 0.3) is 0 Å². The molecule has 2 N–H and O–H groups in total. The number of aromatic nitrogens is 2. The van der Waals surface area contributed by atoms with E-state index < -0.39 is 11.6 Å². The highest BCUT2D eigenvalue weighted by molar-refractivity contribution is 5.62. The summed E-state index contributed by atoms with van der Waals surface area (Å²) in [6, 6.07) is 9.48. The fraction of sp³-hybridized carbons (Fsp3) is 0.118. The van der Waals surface area contributed by atoms with Crippen LogP contribution in [0.3, 0.4) is 0 Å². The third-order valence-corrected chi connectivity index (χ3v) is 3.57. The third-order valence-electron chi connectivity index (χ3n) is 3.57. The van der Waals surface area contributed by atoms with Crippen LogP contribution in [0.2, 0.25) is 0 Å². The highest BCUT2D eigenvalue weighted by Crippen LogP contribution is 2.26. The number of benzene rings is 2. The van der Waals surface area contributed by atoms with Gasteiger partial charge in [-0.2, -0.15) is 0 Å². The van der Waals surface area contributed by atoms with Crippen LogP contribution in [-0.4, -0.2) is 9.55 Å². The second-order valence-corrected chi connectivity index (χ2v) is 5.13. The van der Waals surface area contributed by atoms with Gasteiger partial charge in [-0.15, -0.1) is 0 Å². The van der Waals surface area contributed by atoms with Crippen molar-refractivity contribution >= 4 is 0 Å². The molecular weight excluding hydrogens is 303 g/mol. The van der Waals surface area contributed by atoms with Gasteiger partial charge in [0.15, 0.2) is 0 Å². The fourth-order valence-corrected chi connectivity index (χ4v) is 2.50.